The maximum Gasteiger partial charge on any atom is 0.416 e. The number of ketones is 1. The third kappa shape index (κ3) is 15.2. The average molecular weight is 832 g/mol. The molecule has 3 aliphatic heterocycles. The molecule has 0 atom stereocenters. The number of nitriles is 1. The summed E-state index contributed by atoms with van der Waals surface area (Å²) in [6.07, 6.45) is 4.71. The molecular formula is C44H65ClF3N7O3. The van der Waals surface area contributed by atoms with E-state index >= 15 is 0 Å². The Morgan fingerprint density at radius 2 is 1.31 bits per heavy atom. The SMILES string of the molecule is CCOc1ccccc1N1CCN(CCC2CCN(CC(C)=O)CC2)CC1.Cl.N#CCC(=O)NC1CCC(CCN2CCN(c3ccc(C(F)(F)F)cc3)CC2)CC1. The second-order valence-electron chi connectivity index (χ2n) is 16.2. The van der Waals surface area contributed by atoms with Crippen molar-refractivity contribution in [1.29, 1.82) is 5.26 Å². The third-order valence-corrected chi connectivity index (χ3v) is 12.1. The number of hydrogen-bond donors (Lipinski definition) is 1. The fraction of sp³-hybridized carbons (Fsp3) is 0.659. The van der Waals surface area contributed by atoms with Gasteiger partial charge >= 0.3 is 6.18 Å². The average Bonchev–Trinajstić information content (AvgIpc) is 3.21. The molecule has 1 N–H and O–H groups in total. The second-order valence-corrected chi connectivity index (χ2v) is 16.2. The molecule has 0 spiro atoms. The molecule has 0 unspecified atom stereocenters. The maximum absolute atomic E-state index is 12.7. The molecule has 3 saturated heterocycles. The first-order valence-electron chi connectivity index (χ1n) is 21.2. The summed E-state index contributed by atoms with van der Waals surface area (Å²) in [6, 6.07) is 15.9. The van der Waals surface area contributed by atoms with Gasteiger partial charge in [-0.3, -0.25) is 24.3 Å². The number of benzene rings is 2. The van der Waals surface area contributed by atoms with Gasteiger partial charge in [0.2, 0.25) is 5.91 Å². The molecule has 0 radical (unpaired) electrons. The van der Waals surface area contributed by atoms with Crippen molar-refractivity contribution in [2.75, 3.05) is 101 Å². The summed E-state index contributed by atoms with van der Waals surface area (Å²) >= 11 is 0. The van der Waals surface area contributed by atoms with E-state index in [2.05, 4.69) is 48.0 Å². The van der Waals surface area contributed by atoms with E-state index in [1.54, 1.807) is 19.1 Å². The Morgan fingerprint density at radius 1 is 0.759 bits per heavy atom. The lowest BCUT2D eigenvalue weighted by molar-refractivity contribution is -0.137. The third-order valence-electron chi connectivity index (χ3n) is 12.1. The number of piperidine rings is 1. The van der Waals surface area contributed by atoms with Gasteiger partial charge in [0.15, 0.2) is 0 Å². The molecular weight excluding hydrogens is 767 g/mol. The van der Waals surface area contributed by atoms with Gasteiger partial charge in [0.25, 0.3) is 0 Å². The highest BCUT2D eigenvalue weighted by atomic mass is 35.5. The van der Waals surface area contributed by atoms with E-state index in [0.717, 1.165) is 134 Å². The number of carbonyl (C=O) groups excluding carboxylic acids is 2. The van der Waals surface area contributed by atoms with E-state index < -0.39 is 11.7 Å². The van der Waals surface area contributed by atoms with Crippen molar-refractivity contribution < 1.29 is 27.5 Å². The molecule has 0 aromatic heterocycles. The fourth-order valence-electron chi connectivity index (χ4n) is 8.72. The highest BCUT2D eigenvalue weighted by Gasteiger charge is 2.31. The van der Waals surface area contributed by atoms with Crippen LogP contribution in [0.15, 0.2) is 48.5 Å². The maximum atomic E-state index is 12.7. The minimum absolute atomic E-state index is 0. The highest BCUT2D eigenvalue weighted by molar-refractivity contribution is 5.85. The van der Waals surface area contributed by atoms with Gasteiger partial charge < -0.3 is 19.9 Å². The Morgan fingerprint density at radius 3 is 1.84 bits per heavy atom. The molecule has 14 heteroatoms. The quantitative estimate of drug-likeness (QED) is 0.214. The zero-order valence-electron chi connectivity index (χ0n) is 34.6. The van der Waals surface area contributed by atoms with E-state index in [-0.39, 0.29) is 36.6 Å². The lowest BCUT2D eigenvalue weighted by Crippen LogP contribution is -2.47. The van der Waals surface area contributed by atoms with Crippen LogP contribution in [0, 0.1) is 23.2 Å². The Hall–Kier alpha value is -3.57. The smallest absolute Gasteiger partial charge is 0.416 e. The van der Waals surface area contributed by atoms with E-state index in [0.29, 0.717) is 19.1 Å². The molecule has 322 valence electrons. The van der Waals surface area contributed by atoms with Crippen LogP contribution in [0.25, 0.3) is 0 Å². The number of nitrogens with one attached hydrogen (secondary N) is 1. The van der Waals surface area contributed by atoms with Crippen molar-refractivity contribution >= 4 is 35.5 Å². The van der Waals surface area contributed by atoms with Crippen molar-refractivity contribution in [3.05, 3.63) is 54.1 Å². The predicted octanol–water partition coefficient (Wildman–Crippen LogP) is 7.13. The Balaban J connectivity index is 0.000000254. The molecule has 1 saturated carbocycles. The molecule has 58 heavy (non-hydrogen) atoms. The summed E-state index contributed by atoms with van der Waals surface area (Å²) in [4.78, 5) is 34.7. The number of piperazine rings is 2. The summed E-state index contributed by atoms with van der Waals surface area (Å²) < 4.78 is 43.9. The first kappa shape index (κ1) is 47.1. The van der Waals surface area contributed by atoms with Crippen LogP contribution in [0.2, 0.25) is 0 Å². The molecule has 1 aliphatic carbocycles. The van der Waals surface area contributed by atoms with Crippen molar-refractivity contribution in [3.8, 4) is 11.8 Å². The van der Waals surface area contributed by atoms with Crippen LogP contribution >= 0.6 is 12.4 Å². The molecule has 6 rings (SSSR count). The normalized spacial score (nSPS) is 21.2. The Bertz CT molecular complexity index is 1560. The molecule has 4 aliphatic rings. The van der Waals surface area contributed by atoms with Crippen LogP contribution in [0.1, 0.15) is 77.2 Å². The van der Waals surface area contributed by atoms with Gasteiger partial charge in [0.05, 0.1) is 30.5 Å². The second kappa shape index (κ2) is 23.9. The molecule has 1 amide bonds. The summed E-state index contributed by atoms with van der Waals surface area (Å²) in [5, 5.41) is 11.5. The largest absolute Gasteiger partial charge is 0.492 e. The van der Waals surface area contributed by atoms with Gasteiger partial charge in [-0.25, -0.2) is 0 Å². The molecule has 3 heterocycles. The zero-order valence-corrected chi connectivity index (χ0v) is 35.4. The summed E-state index contributed by atoms with van der Waals surface area (Å²) in [5.74, 6) is 2.61. The number of alkyl halides is 3. The number of para-hydroxylation sites is 2. The number of anilines is 2. The van der Waals surface area contributed by atoms with Crippen LogP contribution in [0.5, 0.6) is 5.75 Å². The number of nitrogens with zero attached hydrogens (tertiary/aromatic N) is 6. The minimum Gasteiger partial charge on any atom is -0.492 e. The van der Waals surface area contributed by atoms with Gasteiger partial charge in [-0.2, -0.15) is 18.4 Å². The molecule has 2 aromatic carbocycles. The first-order valence-corrected chi connectivity index (χ1v) is 21.2. The van der Waals surface area contributed by atoms with Crippen LogP contribution in [0.3, 0.4) is 0 Å². The number of hydrogen-bond acceptors (Lipinski definition) is 9. The molecule has 4 fully saturated rings. The number of Topliss-reactive ketones (excluding diaryl/α,β-unsaturated/α-hetero) is 1. The van der Waals surface area contributed by atoms with Gasteiger partial charge in [-0.15, -0.1) is 12.4 Å². The van der Waals surface area contributed by atoms with Gasteiger partial charge in [-0.05, 0) is 140 Å². The van der Waals surface area contributed by atoms with E-state index in [4.69, 9.17) is 10.00 Å². The van der Waals surface area contributed by atoms with E-state index in [1.165, 1.54) is 31.5 Å². The van der Waals surface area contributed by atoms with Crippen LogP contribution in [-0.4, -0.2) is 124 Å². The number of ether oxygens (including phenoxy) is 1. The lowest BCUT2D eigenvalue weighted by atomic mass is 9.84. The number of likely N-dealkylation sites (tertiary alicyclic amines) is 1. The van der Waals surface area contributed by atoms with Crippen LogP contribution < -0.4 is 19.9 Å². The van der Waals surface area contributed by atoms with Crippen molar-refractivity contribution in [2.45, 2.75) is 83.9 Å². The summed E-state index contributed by atoms with van der Waals surface area (Å²) in [7, 11) is 0. The summed E-state index contributed by atoms with van der Waals surface area (Å²) in [6.45, 7) is 17.4. The topological polar surface area (TPSA) is 95.4 Å². The van der Waals surface area contributed by atoms with E-state index in [1.807, 2.05) is 19.1 Å². The molecule has 0 bridgehead atoms. The predicted molar refractivity (Wildman–Crippen MR) is 227 cm³/mol. The molecule has 2 aromatic rings. The van der Waals surface area contributed by atoms with Crippen LogP contribution in [0.4, 0.5) is 24.5 Å². The lowest BCUT2D eigenvalue weighted by Gasteiger charge is -2.38. The van der Waals surface area contributed by atoms with E-state index in [9.17, 15) is 22.8 Å². The van der Waals surface area contributed by atoms with Crippen molar-refractivity contribution in [1.82, 2.24) is 20.0 Å². The standard InChI is InChI=1S/C22H29F3N4O.C22H35N3O2.ClH/c23-22(24,25)18-3-7-20(8-4-18)29-15-13-28(14-16-29)12-10-17-1-5-19(6-2-17)27-21(30)9-11-26;1-3-27-22-7-5-4-6-21(22)25-16-14-23(15-17-25)11-8-20-9-12-24(13-10-20)18-19(2)26;/h3-4,7-8,17,19H,1-2,5-6,9-10,12-16H2,(H,27,30);4-7,20H,3,8-18H2,1-2H3;1H. The van der Waals surface area contributed by atoms with Crippen molar-refractivity contribution in [2.24, 2.45) is 11.8 Å². The fourth-order valence-corrected chi connectivity index (χ4v) is 8.72. The Kier molecular flexibility index (Phi) is 19.4. The van der Waals surface area contributed by atoms with Crippen molar-refractivity contribution in [3.63, 3.8) is 0 Å². The zero-order chi connectivity index (χ0) is 40.6. The number of carbonyl (C=O) groups is 2. The summed E-state index contributed by atoms with van der Waals surface area (Å²) in [5.41, 5.74) is 1.47. The van der Waals surface area contributed by atoms with Gasteiger partial charge in [0, 0.05) is 64.1 Å². The minimum atomic E-state index is -4.29. The van der Waals surface area contributed by atoms with Gasteiger partial charge in [-0.1, -0.05) is 12.1 Å². The monoisotopic (exact) mass is 831 g/mol. The number of halogens is 4. The van der Waals surface area contributed by atoms with Crippen LogP contribution in [-0.2, 0) is 15.8 Å². The number of rotatable bonds is 14. The molecule has 10 nitrogen and oxygen atoms in total. The number of amides is 1. The first-order chi connectivity index (χ1) is 27.5. The Labute approximate surface area is 350 Å². The van der Waals surface area contributed by atoms with Gasteiger partial charge in [0.1, 0.15) is 18.0 Å². The highest BCUT2D eigenvalue weighted by Crippen LogP contribution is 2.32.